The molecule has 0 aliphatic rings. The van der Waals surface area contributed by atoms with E-state index in [4.69, 9.17) is 5.11 Å². The molecule has 3 aromatic rings. The van der Waals surface area contributed by atoms with Crippen LogP contribution in [0.1, 0.15) is 16.1 Å². The molecule has 0 radical (unpaired) electrons. The number of halogens is 1. The van der Waals surface area contributed by atoms with E-state index < -0.39 is 12.6 Å². The summed E-state index contributed by atoms with van der Waals surface area (Å²) in [5, 5.41) is 9.83. The zero-order chi connectivity index (χ0) is 14.1. The summed E-state index contributed by atoms with van der Waals surface area (Å²) < 4.78 is 14.8. The molecule has 0 aliphatic heterocycles. The van der Waals surface area contributed by atoms with Gasteiger partial charge in [-0.25, -0.2) is 19.2 Å². The van der Waals surface area contributed by atoms with Gasteiger partial charge in [-0.05, 0) is 24.3 Å². The second kappa shape index (κ2) is 4.73. The van der Waals surface area contributed by atoms with Crippen LogP contribution in [0.2, 0.25) is 0 Å². The summed E-state index contributed by atoms with van der Waals surface area (Å²) in [6, 6.07) is 8.00. The minimum absolute atomic E-state index is 0.149. The molecule has 2 aromatic heterocycles. The Bertz CT molecular complexity index is 784. The lowest BCUT2D eigenvalue weighted by molar-refractivity contribution is 0.0697. The number of carboxylic acid groups (broad SMARTS) is 1. The van der Waals surface area contributed by atoms with E-state index in [0.29, 0.717) is 17.0 Å². The Morgan fingerprint density at radius 2 is 2.15 bits per heavy atom. The summed E-state index contributed by atoms with van der Waals surface area (Å²) in [6.45, 7) is -0.666. The fraction of sp³-hybridized carbons (Fsp3) is 0.0714. The van der Waals surface area contributed by atoms with Gasteiger partial charge in [-0.2, -0.15) is 0 Å². The van der Waals surface area contributed by atoms with Crippen LogP contribution >= 0.6 is 0 Å². The number of benzene rings is 1. The fourth-order valence-electron chi connectivity index (χ4n) is 2.18. The van der Waals surface area contributed by atoms with Crippen molar-refractivity contribution in [3.63, 3.8) is 0 Å². The summed E-state index contributed by atoms with van der Waals surface area (Å²) in [4.78, 5) is 19.0. The Hall–Kier alpha value is -2.76. The standard InChI is InChI=1S/C14H10FN3O2/c15-7-11-5-9-1-2-10(14(19)20)6-12(9)18(11)13-3-4-16-8-17-13/h1-6,8H,7H2,(H,19,20). The normalized spacial score (nSPS) is 10.8. The maximum absolute atomic E-state index is 13.2. The third-order valence-electron chi connectivity index (χ3n) is 3.06. The molecule has 20 heavy (non-hydrogen) atoms. The van der Waals surface area contributed by atoms with Gasteiger partial charge in [0.15, 0.2) is 0 Å². The number of carbonyl (C=O) groups is 1. The highest BCUT2D eigenvalue weighted by molar-refractivity contribution is 5.94. The van der Waals surface area contributed by atoms with Gasteiger partial charge < -0.3 is 5.11 Å². The second-order valence-electron chi connectivity index (χ2n) is 4.25. The van der Waals surface area contributed by atoms with Gasteiger partial charge in [0.05, 0.1) is 16.8 Å². The molecule has 0 aliphatic carbocycles. The van der Waals surface area contributed by atoms with Gasteiger partial charge >= 0.3 is 5.97 Å². The number of hydrogen-bond donors (Lipinski definition) is 1. The van der Waals surface area contributed by atoms with Crippen molar-refractivity contribution in [3.8, 4) is 5.82 Å². The third-order valence-corrected chi connectivity index (χ3v) is 3.06. The Kier molecular flexibility index (Phi) is 2.90. The minimum atomic E-state index is -1.02. The van der Waals surface area contributed by atoms with Crippen LogP contribution in [0.15, 0.2) is 42.9 Å². The fourth-order valence-corrected chi connectivity index (χ4v) is 2.18. The van der Waals surface area contributed by atoms with E-state index in [1.54, 1.807) is 29.0 Å². The molecule has 0 unspecified atom stereocenters. The lowest BCUT2D eigenvalue weighted by Crippen LogP contribution is -2.02. The first-order valence-corrected chi connectivity index (χ1v) is 5.90. The van der Waals surface area contributed by atoms with Crippen molar-refractivity contribution < 1.29 is 14.3 Å². The average molecular weight is 271 g/mol. The molecule has 0 amide bonds. The molecule has 2 heterocycles. The molecule has 5 nitrogen and oxygen atoms in total. The van der Waals surface area contributed by atoms with Crippen molar-refractivity contribution in [1.29, 1.82) is 0 Å². The van der Waals surface area contributed by atoms with Crippen molar-refractivity contribution in [3.05, 3.63) is 54.1 Å². The Morgan fingerprint density at radius 1 is 1.30 bits per heavy atom. The largest absolute Gasteiger partial charge is 0.478 e. The van der Waals surface area contributed by atoms with Gasteiger partial charge in [0, 0.05) is 11.6 Å². The summed E-state index contributed by atoms with van der Waals surface area (Å²) in [6.07, 6.45) is 2.92. The molecule has 1 N–H and O–H groups in total. The number of aromatic carboxylic acids is 1. The topological polar surface area (TPSA) is 68.0 Å². The number of hydrogen-bond acceptors (Lipinski definition) is 3. The zero-order valence-electron chi connectivity index (χ0n) is 10.3. The Balaban J connectivity index is 2.32. The summed E-state index contributed by atoms with van der Waals surface area (Å²) in [5.74, 6) is -0.519. The quantitative estimate of drug-likeness (QED) is 0.795. The molecular weight excluding hydrogens is 261 g/mol. The SMILES string of the molecule is O=C(O)c1ccc2cc(CF)n(-c3ccncn3)c2c1. The van der Waals surface area contributed by atoms with E-state index in [-0.39, 0.29) is 5.56 Å². The van der Waals surface area contributed by atoms with E-state index in [0.717, 1.165) is 5.39 Å². The van der Waals surface area contributed by atoms with Gasteiger partial charge in [-0.15, -0.1) is 0 Å². The molecule has 0 fully saturated rings. The van der Waals surface area contributed by atoms with Gasteiger partial charge in [-0.3, -0.25) is 4.57 Å². The number of rotatable bonds is 3. The van der Waals surface area contributed by atoms with Crippen LogP contribution in [0.5, 0.6) is 0 Å². The van der Waals surface area contributed by atoms with Crippen molar-refractivity contribution in [2.45, 2.75) is 6.67 Å². The molecule has 0 atom stereocenters. The van der Waals surface area contributed by atoms with Crippen molar-refractivity contribution in [2.75, 3.05) is 0 Å². The van der Waals surface area contributed by atoms with E-state index in [1.807, 2.05) is 0 Å². The molecule has 3 rings (SSSR count). The number of carboxylic acids is 1. The van der Waals surface area contributed by atoms with Crippen LogP contribution < -0.4 is 0 Å². The molecule has 0 spiro atoms. The number of alkyl halides is 1. The van der Waals surface area contributed by atoms with Crippen molar-refractivity contribution >= 4 is 16.9 Å². The van der Waals surface area contributed by atoms with Gasteiger partial charge in [-0.1, -0.05) is 6.07 Å². The minimum Gasteiger partial charge on any atom is -0.478 e. The number of aromatic nitrogens is 3. The van der Waals surface area contributed by atoms with Gasteiger partial charge in [0.25, 0.3) is 0 Å². The Morgan fingerprint density at radius 3 is 2.80 bits per heavy atom. The van der Waals surface area contributed by atoms with Crippen LogP contribution in [-0.2, 0) is 6.67 Å². The third kappa shape index (κ3) is 1.91. The van der Waals surface area contributed by atoms with Crippen LogP contribution in [0.3, 0.4) is 0 Å². The first kappa shape index (κ1) is 12.3. The van der Waals surface area contributed by atoms with Crippen LogP contribution in [0.25, 0.3) is 16.7 Å². The maximum Gasteiger partial charge on any atom is 0.335 e. The lowest BCUT2D eigenvalue weighted by atomic mass is 10.1. The molecule has 0 bridgehead atoms. The van der Waals surface area contributed by atoms with Crippen LogP contribution in [0.4, 0.5) is 4.39 Å². The predicted molar refractivity (Wildman–Crippen MR) is 70.6 cm³/mol. The maximum atomic E-state index is 13.2. The molecule has 100 valence electrons. The van der Waals surface area contributed by atoms with Gasteiger partial charge in [0.1, 0.15) is 18.8 Å². The zero-order valence-corrected chi connectivity index (χ0v) is 10.3. The van der Waals surface area contributed by atoms with Crippen LogP contribution in [0, 0.1) is 0 Å². The summed E-state index contributed by atoms with van der Waals surface area (Å²) >= 11 is 0. The van der Waals surface area contributed by atoms with Gasteiger partial charge in [0.2, 0.25) is 0 Å². The van der Waals surface area contributed by atoms with E-state index in [1.165, 1.54) is 18.5 Å². The summed E-state index contributed by atoms with van der Waals surface area (Å²) in [5.41, 5.74) is 1.17. The highest BCUT2D eigenvalue weighted by Crippen LogP contribution is 2.25. The highest BCUT2D eigenvalue weighted by atomic mass is 19.1. The molecular formula is C14H10FN3O2. The van der Waals surface area contributed by atoms with Crippen molar-refractivity contribution in [1.82, 2.24) is 14.5 Å². The van der Waals surface area contributed by atoms with Crippen molar-refractivity contribution in [2.24, 2.45) is 0 Å². The molecule has 6 heteroatoms. The van der Waals surface area contributed by atoms with E-state index in [2.05, 4.69) is 9.97 Å². The molecule has 0 saturated heterocycles. The molecule has 0 saturated carbocycles. The van der Waals surface area contributed by atoms with Crippen LogP contribution in [-0.4, -0.2) is 25.6 Å². The monoisotopic (exact) mass is 271 g/mol. The van der Waals surface area contributed by atoms with E-state index >= 15 is 0 Å². The highest BCUT2D eigenvalue weighted by Gasteiger charge is 2.13. The smallest absolute Gasteiger partial charge is 0.335 e. The first-order valence-electron chi connectivity index (χ1n) is 5.90. The average Bonchev–Trinajstić information content (AvgIpc) is 2.85. The number of nitrogens with zero attached hydrogens (tertiary/aromatic N) is 3. The first-order chi connectivity index (χ1) is 9.70. The Labute approximate surface area is 113 Å². The molecule has 1 aromatic carbocycles. The second-order valence-corrected chi connectivity index (χ2v) is 4.25. The summed E-state index contributed by atoms with van der Waals surface area (Å²) in [7, 11) is 0. The predicted octanol–water partition coefficient (Wildman–Crippen LogP) is 2.59. The lowest BCUT2D eigenvalue weighted by Gasteiger charge is -2.07. The number of fused-ring (bicyclic) bond motifs is 1. The van der Waals surface area contributed by atoms with E-state index in [9.17, 15) is 9.18 Å².